The number of ether oxygens (including phenoxy) is 1. The largest absolute Gasteiger partial charge is 0.451 e. The maximum Gasteiger partial charge on any atom is 0.414 e. The normalized spacial score (nSPS) is 16.9. The Morgan fingerprint density at radius 2 is 1.88 bits per heavy atom. The van der Waals surface area contributed by atoms with Crippen molar-refractivity contribution in [3.63, 3.8) is 0 Å². The molecular formula is C19H16N2O4. The average Bonchev–Trinajstić information content (AvgIpc) is 3.24. The Hall–Kier alpha value is -3.28. The van der Waals surface area contributed by atoms with E-state index in [-0.39, 0.29) is 18.2 Å². The molecule has 0 aliphatic carbocycles. The van der Waals surface area contributed by atoms with Crippen molar-refractivity contribution in [2.24, 2.45) is 0 Å². The van der Waals surface area contributed by atoms with Gasteiger partial charge in [0.25, 0.3) is 5.91 Å². The van der Waals surface area contributed by atoms with E-state index in [9.17, 15) is 9.59 Å². The van der Waals surface area contributed by atoms with Gasteiger partial charge in [0.2, 0.25) is 0 Å². The minimum Gasteiger partial charge on any atom is -0.451 e. The molecule has 1 fully saturated rings. The SMILES string of the molecule is O=C(NC[C@@H]1CN(c2ccccc2)C(=O)O1)c1cc2ccccc2o1. The van der Waals surface area contributed by atoms with Crippen LogP contribution in [0.1, 0.15) is 10.6 Å². The molecule has 0 bridgehead atoms. The molecular weight excluding hydrogens is 320 g/mol. The van der Waals surface area contributed by atoms with E-state index >= 15 is 0 Å². The second-order valence-electron chi connectivity index (χ2n) is 5.81. The highest BCUT2D eigenvalue weighted by Crippen LogP contribution is 2.21. The summed E-state index contributed by atoms with van der Waals surface area (Å²) in [6, 6.07) is 18.4. The van der Waals surface area contributed by atoms with Crippen LogP contribution in [0, 0.1) is 0 Å². The molecule has 4 rings (SSSR count). The maximum atomic E-state index is 12.2. The van der Waals surface area contributed by atoms with Gasteiger partial charge in [-0.1, -0.05) is 36.4 Å². The van der Waals surface area contributed by atoms with Crippen LogP contribution in [0.2, 0.25) is 0 Å². The summed E-state index contributed by atoms with van der Waals surface area (Å²) >= 11 is 0. The van der Waals surface area contributed by atoms with E-state index in [1.54, 1.807) is 11.0 Å². The molecule has 1 aliphatic rings. The number of furan rings is 1. The lowest BCUT2D eigenvalue weighted by Crippen LogP contribution is -2.34. The Morgan fingerprint density at radius 1 is 1.12 bits per heavy atom. The van der Waals surface area contributed by atoms with E-state index in [0.29, 0.717) is 12.1 Å². The summed E-state index contributed by atoms with van der Waals surface area (Å²) in [5.41, 5.74) is 1.44. The van der Waals surface area contributed by atoms with Crippen LogP contribution in [-0.4, -0.2) is 31.2 Å². The van der Waals surface area contributed by atoms with E-state index in [0.717, 1.165) is 11.1 Å². The minimum atomic E-state index is -0.408. The Labute approximate surface area is 144 Å². The first-order chi connectivity index (χ1) is 12.2. The zero-order valence-electron chi connectivity index (χ0n) is 13.3. The Balaban J connectivity index is 1.38. The van der Waals surface area contributed by atoms with Gasteiger partial charge in [-0.05, 0) is 24.3 Å². The third-order valence-corrected chi connectivity index (χ3v) is 4.08. The summed E-state index contributed by atoms with van der Waals surface area (Å²) < 4.78 is 10.8. The highest BCUT2D eigenvalue weighted by atomic mass is 16.6. The van der Waals surface area contributed by atoms with Crippen molar-refractivity contribution in [1.29, 1.82) is 0 Å². The zero-order valence-corrected chi connectivity index (χ0v) is 13.3. The number of anilines is 1. The monoisotopic (exact) mass is 336 g/mol. The summed E-state index contributed by atoms with van der Waals surface area (Å²) in [7, 11) is 0. The second kappa shape index (κ2) is 6.32. The summed E-state index contributed by atoms with van der Waals surface area (Å²) in [4.78, 5) is 25.8. The molecule has 6 nitrogen and oxygen atoms in total. The standard InChI is InChI=1S/C19H16N2O4/c22-18(17-10-13-6-4-5-9-16(13)25-17)20-11-15-12-21(19(23)24-15)14-7-2-1-3-8-14/h1-10,15H,11-12H2,(H,20,22)/t15-/m1/s1. The number of para-hydroxylation sites is 2. The molecule has 1 N–H and O–H groups in total. The molecule has 126 valence electrons. The minimum absolute atomic E-state index is 0.227. The number of rotatable bonds is 4. The van der Waals surface area contributed by atoms with Crippen molar-refractivity contribution in [2.45, 2.75) is 6.10 Å². The molecule has 0 saturated carbocycles. The third kappa shape index (κ3) is 3.06. The number of hydrogen-bond acceptors (Lipinski definition) is 4. The molecule has 1 aromatic heterocycles. The lowest BCUT2D eigenvalue weighted by atomic mass is 10.2. The van der Waals surface area contributed by atoms with E-state index < -0.39 is 12.2 Å². The Bertz CT molecular complexity index is 886. The zero-order chi connectivity index (χ0) is 17.2. The first-order valence-electron chi connectivity index (χ1n) is 8.01. The molecule has 2 heterocycles. The van der Waals surface area contributed by atoms with Gasteiger partial charge < -0.3 is 14.5 Å². The number of carbonyl (C=O) groups is 2. The van der Waals surface area contributed by atoms with Gasteiger partial charge in [-0.15, -0.1) is 0 Å². The van der Waals surface area contributed by atoms with Crippen LogP contribution in [0.25, 0.3) is 11.0 Å². The molecule has 2 amide bonds. The molecule has 3 aromatic rings. The van der Waals surface area contributed by atoms with Gasteiger partial charge >= 0.3 is 6.09 Å². The summed E-state index contributed by atoms with van der Waals surface area (Å²) in [5.74, 6) is -0.0872. The number of amides is 2. The molecule has 1 atom stereocenters. The van der Waals surface area contributed by atoms with E-state index in [1.807, 2.05) is 54.6 Å². The Morgan fingerprint density at radius 3 is 2.68 bits per heavy atom. The van der Waals surface area contributed by atoms with Crippen LogP contribution in [-0.2, 0) is 4.74 Å². The first-order valence-corrected chi connectivity index (χ1v) is 8.01. The fourth-order valence-electron chi connectivity index (χ4n) is 2.83. The molecule has 0 spiro atoms. The van der Waals surface area contributed by atoms with Gasteiger partial charge in [0.1, 0.15) is 11.7 Å². The Kier molecular flexibility index (Phi) is 3.85. The molecule has 25 heavy (non-hydrogen) atoms. The van der Waals surface area contributed by atoms with Crippen LogP contribution < -0.4 is 10.2 Å². The molecule has 1 aliphatic heterocycles. The summed E-state index contributed by atoms with van der Waals surface area (Å²) in [6.45, 7) is 0.619. The van der Waals surface area contributed by atoms with Crippen molar-refractivity contribution in [1.82, 2.24) is 5.32 Å². The first kappa shape index (κ1) is 15.3. The van der Waals surface area contributed by atoms with Crippen molar-refractivity contribution in [3.05, 3.63) is 66.4 Å². The molecule has 0 unspecified atom stereocenters. The highest BCUT2D eigenvalue weighted by molar-refractivity contribution is 5.96. The van der Waals surface area contributed by atoms with Gasteiger partial charge in [0, 0.05) is 11.1 Å². The summed E-state index contributed by atoms with van der Waals surface area (Å²) in [5, 5.41) is 3.63. The third-order valence-electron chi connectivity index (χ3n) is 4.08. The van der Waals surface area contributed by atoms with Crippen molar-refractivity contribution in [3.8, 4) is 0 Å². The number of hydrogen-bond donors (Lipinski definition) is 1. The molecule has 2 aromatic carbocycles. The van der Waals surface area contributed by atoms with Crippen molar-refractivity contribution in [2.75, 3.05) is 18.0 Å². The van der Waals surface area contributed by atoms with Gasteiger partial charge in [-0.2, -0.15) is 0 Å². The lowest BCUT2D eigenvalue weighted by molar-refractivity contribution is 0.0891. The number of nitrogens with one attached hydrogen (secondary N) is 1. The summed E-state index contributed by atoms with van der Waals surface area (Å²) in [6.07, 6.45) is -0.810. The van der Waals surface area contributed by atoms with E-state index in [1.165, 1.54) is 0 Å². The maximum absolute atomic E-state index is 12.2. The van der Waals surface area contributed by atoms with Gasteiger partial charge in [-0.25, -0.2) is 4.79 Å². The van der Waals surface area contributed by atoms with Gasteiger partial charge in [-0.3, -0.25) is 9.69 Å². The van der Waals surface area contributed by atoms with Gasteiger partial charge in [0.15, 0.2) is 5.76 Å². The second-order valence-corrected chi connectivity index (χ2v) is 5.81. The number of fused-ring (bicyclic) bond motifs is 1. The van der Waals surface area contributed by atoms with Crippen molar-refractivity contribution >= 4 is 28.7 Å². The number of nitrogens with zero attached hydrogens (tertiary/aromatic N) is 1. The molecule has 6 heteroatoms. The van der Waals surface area contributed by atoms with E-state index in [4.69, 9.17) is 9.15 Å². The number of cyclic esters (lactones) is 1. The topological polar surface area (TPSA) is 71.8 Å². The smallest absolute Gasteiger partial charge is 0.414 e. The van der Waals surface area contributed by atoms with Crippen molar-refractivity contribution < 1.29 is 18.7 Å². The lowest BCUT2D eigenvalue weighted by Gasteiger charge is -2.12. The number of carbonyl (C=O) groups excluding carboxylic acids is 2. The van der Waals surface area contributed by atoms with Crippen LogP contribution in [0.15, 0.2) is 65.1 Å². The van der Waals surface area contributed by atoms with Crippen LogP contribution in [0.3, 0.4) is 0 Å². The quantitative estimate of drug-likeness (QED) is 0.794. The average molecular weight is 336 g/mol. The van der Waals surface area contributed by atoms with Crippen LogP contribution >= 0.6 is 0 Å². The predicted molar refractivity (Wildman–Crippen MR) is 92.6 cm³/mol. The van der Waals surface area contributed by atoms with Gasteiger partial charge in [0.05, 0.1) is 13.1 Å². The fourth-order valence-corrected chi connectivity index (χ4v) is 2.83. The predicted octanol–water partition coefficient (Wildman–Crippen LogP) is 3.19. The fraction of sp³-hybridized carbons (Fsp3) is 0.158. The molecule has 0 radical (unpaired) electrons. The number of benzene rings is 2. The van der Waals surface area contributed by atoms with E-state index in [2.05, 4.69) is 5.32 Å². The highest BCUT2D eigenvalue weighted by Gasteiger charge is 2.32. The molecule has 1 saturated heterocycles. The van der Waals surface area contributed by atoms with Crippen LogP contribution in [0.4, 0.5) is 10.5 Å². The van der Waals surface area contributed by atoms with Crippen LogP contribution in [0.5, 0.6) is 0 Å².